The lowest BCUT2D eigenvalue weighted by Gasteiger charge is -2.05. The molecule has 0 saturated heterocycles. The number of nitrogens with zero attached hydrogens (tertiary/aromatic N) is 1. The second kappa shape index (κ2) is 4.53. The van der Waals surface area contributed by atoms with Gasteiger partial charge in [0.2, 0.25) is 5.88 Å². The minimum atomic E-state index is 0.661. The number of hydrogen-bond acceptors (Lipinski definition) is 4. The number of benzene rings is 1. The summed E-state index contributed by atoms with van der Waals surface area (Å²) in [5.74, 6) is 1.56. The van der Waals surface area contributed by atoms with E-state index >= 15 is 0 Å². The molecular weight excluding hydrogens is 222 g/mol. The van der Waals surface area contributed by atoms with Gasteiger partial charge in [-0.1, -0.05) is 0 Å². The van der Waals surface area contributed by atoms with Gasteiger partial charge in [0, 0.05) is 5.56 Å². The Hall–Kier alpha value is -1.55. The molecule has 0 unspecified atom stereocenters. The van der Waals surface area contributed by atoms with Gasteiger partial charge in [-0.15, -0.1) is 11.3 Å². The first-order chi connectivity index (χ1) is 7.74. The first kappa shape index (κ1) is 11.0. The van der Waals surface area contributed by atoms with Crippen molar-refractivity contribution in [1.82, 2.24) is 4.98 Å². The second-order valence-corrected chi connectivity index (χ2v) is 4.24. The number of hydrogen-bond donors (Lipinski definition) is 0. The third-order valence-corrected chi connectivity index (χ3v) is 3.20. The molecule has 0 N–H and O–H groups in total. The highest BCUT2D eigenvalue weighted by Crippen LogP contribution is 2.30. The van der Waals surface area contributed by atoms with Crippen LogP contribution in [0.3, 0.4) is 0 Å². The van der Waals surface area contributed by atoms with Crippen LogP contribution < -0.4 is 9.47 Å². The Morgan fingerprint density at radius 2 is 2.00 bits per heavy atom. The molecule has 0 atom stereocenters. The largest absolute Gasteiger partial charge is 0.496 e. The molecule has 0 spiro atoms. The molecule has 2 aromatic rings. The summed E-state index contributed by atoms with van der Waals surface area (Å²) in [7, 11) is 3.30. The highest BCUT2D eigenvalue weighted by molar-refractivity contribution is 7.13. The summed E-state index contributed by atoms with van der Waals surface area (Å²) in [6.45, 7) is 2.02. The zero-order valence-electron chi connectivity index (χ0n) is 9.48. The number of ether oxygens (including phenoxy) is 2. The van der Waals surface area contributed by atoms with Gasteiger partial charge in [0.25, 0.3) is 0 Å². The fourth-order valence-electron chi connectivity index (χ4n) is 1.50. The van der Waals surface area contributed by atoms with Crippen molar-refractivity contribution in [2.45, 2.75) is 6.92 Å². The summed E-state index contributed by atoms with van der Waals surface area (Å²) in [6.07, 6.45) is 0. The van der Waals surface area contributed by atoms with Gasteiger partial charge in [0.1, 0.15) is 10.8 Å². The lowest BCUT2D eigenvalue weighted by Crippen LogP contribution is -1.87. The van der Waals surface area contributed by atoms with Crippen molar-refractivity contribution < 1.29 is 9.47 Å². The molecule has 0 aliphatic heterocycles. The van der Waals surface area contributed by atoms with E-state index < -0.39 is 0 Å². The zero-order valence-corrected chi connectivity index (χ0v) is 10.3. The maximum absolute atomic E-state index is 5.22. The molecule has 84 valence electrons. The number of thiazole rings is 1. The van der Waals surface area contributed by atoms with Gasteiger partial charge in [-0.05, 0) is 30.7 Å². The van der Waals surface area contributed by atoms with Crippen LogP contribution in [0.1, 0.15) is 5.56 Å². The third-order valence-electron chi connectivity index (χ3n) is 2.33. The number of aryl methyl sites for hydroxylation is 1. The first-order valence-corrected chi connectivity index (χ1v) is 5.77. The van der Waals surface area contributed by atoms with Gasteiger partial charge in [0.05, 0.1) is 19.6 Å². The van der Waals surface area contributed by atoms with Crippen LogP contribution >= 0.6 is 11.3 Å². The van der Waals surface area contributed by atoms with Crippen molar-refractivity contribution in [3.05, 3.63) is 29.1 Å². The fourth-order valence-corrected chi connectivity index (χ4v) is 2.26. The maximum Gasteiger partial charge on any atom is 0.224 e. The number of rotatable bonds is 3. The van der Waals surface area contributed by atoms with Crippen molar-refractivity contribution in [3.8, 4) is 22.2 Å². The van der Waals surface area contributed by atoms with Crippen LogP contribution in [0.15, 0.2) is 23.6 Å². The Balaban J connectivity index is 2.37. The molecule has 0 amide bonds. The van der Waals surface area contributed by atoms with E-state index in [1.165, 1.54) is 0 Å². The van der Waals surface area contributed by atoms with Gasteiger partial charge in [-0.3, -0.25) is 0 Å². The molecule has 16 heavy (non-hydrogen) atoms. The van der Waals surface area contributed by atoms with Crippen molar-refractivity contribution in [2.24, 2.45) is 0 Å². The van der Waals surface area contributed by atoms with Crippen molar-refractivity contribution in [1.29, 1.82) is 0 Å². The van der Waals surface area contributed by atoms with E-state index in [2.05, 4.69) is 11.1 Å². The third kappa shape index (κ3) is 2.02. The van der Waals surface area contributed by atoms with Crippen LogP contribution in [-0.4, -0.2) is 19.2 Å². The van der Waals surface area contributed by atoms with Gasteiger partial charge < -0.3 is 9.47 Å². The summed E-state index contributed by atoms with van der Waals surface area (Å²) in [4.78, 5) is 4.35. The Morgan fingerprint density at radius 1 is 1.19 bits per heavy atom. The Labute approximate surface area is 98.7 Å². The van der Waals surface area contributed by atoms with Crippen LogP contribution in [0, 0.1) is 6.92 Å². The SMILES string of the molecule is COc1csc(-c2ccc(OC)c(C)c2)n1. The van der Waals surface area contributed by atoms with E-state index in [1.54, 1.807) is 25.6 Å². The molecule has 0 radical (unpaired) electrons. The monoisotopic (exact) mass is 235 g/mol. The molecule has 0 bridgehead atoms. The van der Waals surface area contributed by atoms with E-state index in [-0.39, 0.29) is 0 Å². The standard InChI is InChI=1S/C12H13NO2S/c1-8-6-9(4-5-10(8)14-2)12-13-11(15-3)7-16-12/h4-7H,1-3H3. The highest BCUT2D eigenvalue weighted by atomic mass is 32.1. The minimum absolute atomic E-state index is 0.661. The topological polar surface area (TPSA) is 31.4 Å². The number of methoxy groups -OCH3 is 2. The van der Waals surface area contributed by atoms with E-state index in [9.17, 15) is 0 Å². The van der Waals surface area contributed by atoms with E-state index in [0.29, 0.717) is 5.88 Å². The summed E-state index contributed by atoms with van der Waals surface area (Å²) >= 11 is 1.57. The maximum atomic E-state index is 5.22. The summed E-state index contributed by atoms with van der Waals surface area (Å²) in [5.41, 5.74) is 2.20. The van der Waals surface area contributed by atoms with Crippen molar-refractivity contribution in [2.75, 3.05) is 14.2 Å². The molecule has 1 heterocycles. The molecule has 1 aromatic carbocycles. The molecule has 3 nitrogen and oxygen atoms in total. The lowest BCUT2D eigenvalue weighted by atomic mass is 10.1. The molecule has 2 rings (SSSR count). The average molecular weight is 235 g/mol. The van der Waals surface area contributed by atoms with E-state index in [1.807, 2.05) is 24.4 Å². The van der Waals surface area contributed by atoms with Gasteiger partial charge >= 0.3 is 0 Å². The Kier molecular flexibility index (Phi) is 3.10. The Bertz CT molecular complexity index is 494. The van der Waals surface area contributed by atoms with E-state index in [0.717, 1.165) is 21.9 Å². The molecule has 0 fully saturated rings. The van der Waals surface area contributed by atoms with E-state index in [4.69, 9.17) is 9.47 Å². The zero-order chi connectivity index (χ0) is 11.5. The molecule has 4 heteroatoms. The summed E-state index contributed by atoms with van der Waals surface area (Å²) in [6, 6.07) is 6.03. The second-order valence-electron chi connectivity index (χ2n) is 3.38. The smallest absolute Gasteiger partial charge is 0.224 e. The molecule has 0 aliphatic carbocycles. The predicted octanol–water partition coefficient (Wildman–Crippen LogP) is 3.14. The van der Waals surface area contributed by atoms with Crippen molar-refractivity contribution in [3.63, 3.8) is 0 Å². The van der Waals surface area contributed by atoms with Crippen molar-refractivity contribution >= 4 is 11.3 Å². The Morgan fingerprint density at radius 3 is 2.56 bits per heavy atom. The predicted molar refractivity (Wildman–Crippen MR) is 65.4 cm³/mol. The molecule has 0 aliphatic rings. The fraction of sp³-hybridized carbons (Fsp3) is 0.250. The first-order valence-electron chi connectivity index (χ1n) is 4.89. The van der Waals surface area contributed by atoms with Gasteiger partial charge in [-0.25, -0.2) is 4.98 Å². The summed E-state index contributed by atoms with van der Waals surface area (Å²) in [5, 5.41) is 2.86. The van der Waals surface area contributed by atoms with Crippen LogP contribution in [0.25, 0.3) is 10.6 Å². The van der Waals surface area contributed by atoms with Crippen LogP contribution in [0.5, 0.6) is 11.6 Å². The van der Waals surface area contributed by atoms with Gasteiger partial charge in [-0.2, -0.15) is 0 Å². The van der Waals surface area contributed by atoms with Crippen LogP contribution in [-0.2, 0) is 0 Å². The van der Waals surface area contributed by atoms with Crippen LogP contribution in [0.4, 0.5) is 0 Å². The normalized spacial score (nSPS) is 10.2. The summed E-state index contributed by atoms with van der Waals surface area (Å²) < 4.78 is 10.3. The lowest BCUT2D eigenvalue weighted by molar-refractivity contribution is 0.401. The van der Waals surface area contributed by atoms with Crippen LogP contribution in [0.2, 0.25) is 0 Å². The molecular formula is C12H13NO2S. The number of aromatic nitrogens is 1. The van der Waals surface area contributed by atoms with Gasteiger partial charge in [0.15, 0.2) is 0 Å². The molecule has 0 saturated carbocycles. The highest BCUT2D eigenvalue weighted by Gasteiger charge is 2.06. The minimum Gasteiger partial charge on any atom is -0.496 e. The average Bonchev–Trinajstić information content (AvgIpc) is 2.77. The molecule has 1 aromatic heterocycles. The quantitative estimate of drug-likeness (QED) is 0.819.